The van der Waals surface area contributed by atoms with Crippen LogP contribution in [-0.4, -0.2) is 10.9 Å². The van der Waals surface area contributed by atoms with Gasteiger partial charge in [-0.2, -0.15) is 0 Å². The van der Waals surface area contributed by atoms with Crippen LogP contribution >= 0.6 is 11.6 Å². The Morgan fingerprint density at radius 1 is 1.40 bits per heavy atom. The molecule has 1 aromatic heterocycles. The predicted octanol–water partition coefficient (Wildman–Crippen LogP) is 0.975. The molecule has 0 aliphatic rings. The molecule has 15 heavy (non-hydrogen) atoms. The lowest BCUT2D eigenvalue weighted by Gasteiger charge is -2.00. The van der Waals surface area contributed by atoms with Crippen molar-refractivity contribution in [1.82, 2.24) is 4.98 Å². The van der Waals surface area contributed by atoms with Crippen LogP contribution in [0.3, 0.4) is 0 Å². The van der Waals surface area contributed by atoms with Crippen LogP contribution in [0.15, 0.2) is 18.0 Å². The van der Waals surface area contributed by atoms with Crippen LogP contribution in [0.5, 0.6) is 0 Å². The third-order valence-electron chi connectivity index (χ3n) is 1.52. The van der Waals surface area contributed by atoms with E-state index in [1.165, 1.54) is 0 Å². The van der Waals surface area contributed by atoms with Gasteiger partial charge in [0.25, 0.3) is 5.91 Å². The van der Waals surface area contributed by atoms with Crippen LogP contribution in [-0.2, 0) is 4.79 Å². The molecule has 5 nitrogen and oxygen atoms in total. The van der Waals surface area contributed by atoms with Crippen LogP contribution in [0.25, 0.3) is 5.03 Å². The van der Waals surface area contributed by atoms with Gasteiger partial charge in [-0.15, -0.1) is 0 Å². The third-order valence-corrected chi connectivity index (χ3v) is 1.92. The van der Waals surface area contributed by atoms with Gasteiger partial charge in [-0.25, -0.2) is 0 Å². The fourth-order valence-corrected chi connectivity index (χ4v) is 1.08. The van der Waals surface area contributed by atoms with E-state index >= 15 is 0 Å². The molecule has 0 aliphatic heterocycles. The topological polar surface area (TPSA) is 111 Å². The smallest absolute Gasteiger partial charge is 0.266 e. The highest BCUT2D eigenvalue weighted by atomic mass is 35.5. The number of H-pyrrole nitrogens is 1. The number of hydrogen-bond acceptors (Lipinski definition) is 3. The van der Waals surface area contributed by atoms with Gasteiger partial charge < -0.3 is 22.2 Å². The fourth-order valence-electron chi connectivity index (χ4n) is 0.827. The summed E-state index contributed by atoms with van der Waals surface area (Å²) in [6.45, 7) is 4.00. The van der Waals surface area contributed by atoms with Gasteiger partial charge in [0, 0.05) is 11.8 Å². The molecule has 1 rings (SSSR count). The highest BCUT2D eigenvalue weighted by Crippen LogP contribution is 2.25. The van der Waals surface area contributed by atoms with Crippen molar-refractivity contribution in [1.29, 1.82) is 0 Å². The number of nitrogens with one attached hydrogen (secondary N) is 1. The first-order valence-electron chi connectivity index (χ1n) is 4.42. The molecule has 6 heteroatoms. The summed E-state index contributed by atoms with van der Waals surface area (Å²) in [5.41, 5.74) is 16.0. The van der Waals surface area contributed by atoms with Crippen molar-refractivity contribution >= 4 is 28.4 Å². The first-order chi connectivity index (χ1) is 7.04. The Morgan fingerprint density at radius 2 is 1.93 bits per heavy atom. The SMILES string of the molecule is CC.NC(=O)/C(N)=C(\Cl)c1cc[nH]c1N. The first-order valence-corrected chi connectivity index (χ1v) is 4.80. The molecule has 0 fully saturated rings. The molecule has 1 aromatic rings. The molecule has 84 valence electrons. The van der Waals surface area contributed by atoms with E-state index < -0.39 is 5.91 Å². The number of carbonyl (C=O) groups is 1. The molecule has 0 radical (unpaired) electrons. The molecule has 1 amide bonds. The number of anilines is 1. The summed E-state index contributed by atoms with van der Waals surface area (Å²) in [5, 5.41) is 0.0613. The number of aromatic amines is 1. The van der Waals surface area contributed by atoms with Crippen LogP contribution in [0.1, 0.15) is 19.4 Å². The van der Waals surface area contributed by atoms with E-state index in [4.69, 9.17) is 28.8 Å². The monoisotopic (exact) mass is 230 g/mol. The maximum absolute atomic E-state index is 10.7. The van der Waals surface area contributed by atoms with Crippen LogP contribution in [0.4, 0.5) is 5.82 Å². The second-order valence-electron chi connectivity index (χ2n) is 2.40. The largest absolute Gasteiger partial charge is 0.393 e. The molecule has 0 saturated carbocycles. The van der Waals surface area contributed by atoms with Gasteiger partial charge >= 0.3 is 0 Å². The Bertz CT molecular complexity index is 370. The summed E-state index contributed by atoms with van der Waals surface area (Å²) in [5.74, 6) is -0.431. The predicted molar refractivity (Wildman–Crippen MR) is 62.7 cm³/mol. The van der Waals surface area contributed by atoms with Crippen LogP contribution in [0, 0.1) is 0 Å². The van der Waals surface area contributed by atoms with Crippen molar-refractivity contribution < 1.29 is 4.79 Å². The van der Waals surface area contributed by atoms with Crippen LogP contribution in [0.2, 0.25) is 0 Å². The van der Waals surface area contributed by atoms with Gasteiger partial charge in [0.05, 0.1) is 5.03 Å². The van der Waals surface area contributed by atoms with Gasteiger partial charge in [0.1, 0.15) is 11.5 Å². The Morgan fingerprint density at radius 3 is 2.27 bits per heavy atom. The lowest BCUT2D eigenvalue weighted by molar-refractivity contribution is -0.114. The number of nitrogen functional groups attached to an aromatic ring is 1. The Hall–Kier alpha value is -1.62. The lowest BCUT2D eigenvalue weighted by Crippen LogP contribution is -2.21. The van der Waals surface area contributed by atoms with Crippen molar-refractivity contribution in [2.24, 2.45) is 11.5 Å². The quantitative estimate of drug-likeness (QED) is 0.568. The number of primary amides is 1. The number of hydrogen-bond donors (Lipinski definition) is 4. The highest BCUT2D eigenvalue weighted by Gasteiger charge is 2.11. The standard InChI is InChI=1S/C7H9ClN4O.C2H6/c8-4(5(9)7(11)13)3-1-2-12-6(3)10;1-2/h1-2,12H,9-10H2,(H2,11,13);1-2H3/b5-4+;. The molecule has 0 aromatic carbocycles. The van der Waals surface area contributed by atoms with Gasteiger partial charge in [-0.05, 0) is 6.07 Å². The van der Waals surface area contributed by atoms with E-state index in [9.17, 15) is 4.79 Å². The number of rotatable bonds is 2. The Balaban J connectivity index is 0.000000921. The first kappa shape index (κ1) is 13.4. The average molecular weight is 231 g/mol. The van der Waals surface area contributed by atoms with Crippen molar-refractivity contribution in [3.63, 3.8) is 0 Å². The van der Waals surface area contributed by atoms with E-state index in [1.807, 2.05) is 13.8 Å². The minimum Gasteiger partial charge on any atom is -0.393 e. The molecular formula is C9H15ClN4O. The molecular weight excluding hydrogens is 216 g/mol. The van der Waals surface area contributed by atoms with Crippen molar-refractivity contribution in [3.05, 3.63) is 23.5 Å². The fraction of sp³-hybridized carbons (Fsp3) is 0.222. The van der Waals surface area contributed by atoms with Gasteiger partial charge in [-0.3, -0.25) is 4.79 Å². The molecule has 0 unspecified atom stereocenters. The summed E-state index contributed by atoms with van der Waals surface area (Å²) >= 11 is 5.75. The molecule has 0 spiro atoms. The Kier molecular flexibility index (Phi) is 5.33. The number of halogens is 1. The molecule has 7 N–H and O–H groups in total. The second-order valence-corrected chi connectivity index (χ2v) is 2.77. The van der Waals surface area contributed by atoms with Gasteiger partial charge in [0.2, 0.25) is 0 Å². The zero-order valence-corrected chi connectivity index (χ0v) is 9.43. The minimum atomic E-state index is -0.773. The van der Waals surface area contributed by atoms with E-state index in [-0.39, 0.29) is 10.7 Å². The number of aromatic nitrogens is 1. The van der Waals surface area contributed by atoms with E-state index in [2.05, 4.69) is 4.98 Å². The minimum absolute atomic E-state index is 0.0613. The Labute approximate surface area is 93.3 Å². The van der Waals surface area contributed by atoms with Gasteiger partial charge in [-0.1, -0.05) is 25.4 Å². The maximum atomic E-state index is 10.7. The molecule has 0 bridgehead atoms. The second kappa shape index (κ2) is 5.98. The van der Waals surface area contributed by atoms with E-state index in [0.29, 0.717) is 11.4 Å². The van der Waals surface area contributed by atoms with Crippen molar-refractivity contribution in [2.45, 2.75) is 13.8 Å². The van der Waals surface area contributed by atoms with E-state index in [0.717, 1.165) is 0 Å². The third kappa shape index (κ3) is 3.21. The summed E-state index contributed by atoms with van der Waals surface area (Å²) in [6.07, 6.45) is 1.58. The maximum Gasteiger partial charge on any atom is 0.266 e. The summed E-state index contributed by atoms with van der Waals surface area (Å²) in [4.78, 5) is 13.3. The summed E-state index contributed by atoms with van der Waals surface area (Å²) in [7, 11) is 0. The summed E-state index contributed by atoms with van der Waals surface area (Å²) < 4.78 is 0. The zero-order chi connectivity index (χ0) is 12.0. The average Bonchev–Trinajstić information content (AvgIpc) is 2.65. The van der Waals surface area contributed by atoms with Crippen molar-refractivity contribution in [3.8, 4) is 0 Å². The normalized spacial score (nSPS) is 11.1. The highest BCUT2D eigenvalue weighted by molar-refractivity contribution is 6.51. The van der Waals surface area contributed by atoms with Crippen LogP contribution < -0.4 is 17.2 Å². The van der Waals surface area contributed by atoms with Crippen molar-refractivity contribution in [2.75, 3.05) is 5.73 Å². The van der Waals surface area contributed by atoms with E-state index in [1.54, 1.807) is 12.3 Å². The molecule has 0 saturated heterocycles. The zero-order valence-electron chi connectivity index (χ0n) is 8.67. The number of carbonyl (C=O) groups excluding carboxylic acids is 1. The van der Waals surface area contributed by atoms with Gasteiger partial charge in [0.15, 0.2) is 0 Å². The summed E-state index contributed by atoms with van der Waals surface area (Å²) in [6, 6.07) is 1.60. The molecule has 1 heterocycles. The lowest BCUT2D eigenvalue weighted by atomic mass is 10.2. The molecule has 0 aliphatic carbocycles. The number of nitrogens with two attached hydrogens (primary N) is 3. The molecule has 0 atom stereocenters. The number of amides is 1.